The van der Waals surface area contributed by atoms with Crippen molar-refractivity contribution in [2.45, 2.75) is 44.2 Å². The lowest BCUT2D eigenvalue weighted by atomic mass is 9.75. The maximum absolute atomic E-state index is 12.3. The van der Waals surface area contributed by atoms with Crippen LogP contribution in [-0.4, -0.2) is 19.5 Å². The molecule has 1 amide bonds. The Labute approximate surface area is 121 Å². The van der Waals surface area contributed by atoms with Crippen LogP contribution in [0.3, 0.4) is 0 Å². The molecule has 2 aliphatic carbocycles. The van der Waals surface area contributed by atoms with E-state index in [2.05, 4.69) is 43.4 Å². The average Bonchev–Trinajstić information content (AvgIpc) is 3.05. The normalized spacial score (nSPS) is 24.0. The molecule has 0 saturated heterocycles. The number of benzene rings is 1. The molecule has 2 aliphatic rings. The second kappa shape index (κ2) is 4.81. The van der Waals surface area contributed by atoms with E-state index < -0.39 is 19.7 Å². The van der Waals surface area contributed by atoms with Crippen molar-refractivity contribution in [2.75, 3.05) is 0 Å². The highest BCUT2D eigenvalue weighted by atomic mass is 28.2. The minimum atomic E-state index is -0.675. The third-order valence-electron chi connectivity index (χ3n) is 4.76. The highest BCUT2D eigenvalue weighted by Crippen LogP contribution is 2.42. The van der Waals surface area contributed by atoms with Crippen LogP contribution in [0.25, 0.3) is 6.08 Å². The fourth-order valence-electron chi connectivity index (χ4n) is 3.91. The van der Waals surface area contributed by atoms with Gasteiger partial charge in [-0.05, 0) is 42.4 Å². The van der Waals surface area contributed by atoms with Gasteiger partial charge in [-0.3, -0.25) is 10.5 Å². The molecule has 1 aromatic carbocycles. The molecule has 0 heterocycles. The highest BCUT2D eigenvalue weighted by molar-refractivity contribution is 6.72. The smallest absolute Gasteiger partial charge is 0.252 e. The number of hydrogen-bond donors (Lipinski definition) is 0. The molecular weight excluding hydrogens is 262 g/mol. The first-order chi connectivity index (χ1) is 9.57. The lowest BCUT2D eigenvalue weighted by Gasteiger charge is -2.30. The highest BCUT2D eigenvalue weighted by Gasteiger charge is 2.47. The van der Waals surface area contributed by atoms with Crippen molar-refractivity contribution < 1.29 is 4.79 Å². The number of allylic oxidation sites excluding steroid dienone is 1. The summed E-state index contributed by atoms with van der Waals surface area (Å²) in [6.45, 7) is 4.50. The topological polar surface area (TPSA) is 40.9 Å². The van der Waals surface area contributed by atoms with E-state index >= 15 is 0 Å². The molecule has 1 fully saturated rings. The SMILES string of the molecule is C[Si](C)=C1CCCC1(C([NH])=O)c1cccc2c1C=CC2. The molecule has 0 aliphatic heterocycles. The van der Waals surface area contributed by atoms with Crippen molar-refractivity contribution in [3.05, 3.63) is 41.0 Å². The van der Waals surface area contributed by atoms with Gasteiger partial charge in [-0.1, -0.05) is 48.6 Å². The van der Waals surface area contributed by atoms with Gasteiger partial charge in [-0.25, -0.2) is 0 Å². The molecule has 1 unspecified atom stereocenters. The molecule has 2 nitrogen and oxygen atoms in total. The zero-order valence-electron chi connectivity index (χ0n) is 12.1. The summed E-state index contributed by atoms with van der Waals surface area (Å²) in [7, 11) is -0.675. The molecule has 103 valence electrons. The fraction of sp³-hybridized carbons (Fsp3) is 0.412. The third kappa shape index (κ3) is 1.76. The maximum Gasteiger partial charge on any atom is 0.252 e. The van der Waals surface area contributed by atoms with Crippen molar-refractivity contribution >= 4 is 25.6 Å². The molecule has 0 bridgehead atoms. The molecule has 0 spiro atoms. The summed E-state index contributed by atoms with van der Waals surface area (Å²) < 4.78 is 0. The Balaban J connectivity index is 2.29. The molecule has 3 heteroatoms. The quantitative estimate of drug-likeness (QED) is 0.769. The van der Waals surface area contributed by atoms with Gasteiger partial charge in [-0.2, -0.15) is 0 Å². The molecule has 1 aromatic rings. The van der Waals surface area contributed by atoms with Gasteiger partial charge >= 0.3 is 0 Å². The summed E-state index contributed by atoms with van der Waals surface area (Å²) >= 11 is 0. The zero-order chi connectivity index (χ0) is 14.3. The number of carbonyl (C=O) groups excluding carboxylic acids is 1. The molecule has 1 N–H and O–H groups in total. The van der Waals surface area contributed by atoms with Crippen molar-refractivity contribution in [3.8, 4) is 0 Å². The predicted octanol–water partition coefficient (Wildman–Crippen LogP) is 3.00. The summed E-state index contributed by atoms with van der Waals surface area (Å²) in [6, 6.07) is 6.27. The maximum atomic E-state index is 12.3. The summed E-state index contributed by atoms with van der Waals surface area (Å²) in [6.07, 6.45) is 8.15. The van der Waals surface area contributed by atoms with Gasteiger partial charge in [0, 0.05) is 8.41 Å². The van der Waals surface area contributed by atoms with Crippen molar-refractivity contribution in [1.29, 1.82) is 0 Å². The summed E-state index contributed by atoms with van der Waals surface area (Å²) in [4.78, 5) is 12.3. The number of amides is 1. The van der Waals surface area contributed by atoms with Gasteiger partial charge < -0.3 is 0 Å². The molecule has 20 heavy (non-hydrogen) atoms. The van der Waals surface area contributed by atoms with Crippen LogP contribution in [0.2, 0.25) is 13.1 Å². The first-order valence-corrected chi connectivity index (χ1v) is 9.79. The number of fused-ring (bicyclic) bond motifs is 1. The predicted molar refractivity (Wildman–Crippen MR) is 85.3 cm³/mol. The minimum absolute atomic E-state index is 0.398. The van der Waals surface area contributed by atoms with Crippen molar-refractivity contribution in [1.82, 2.24) is 5.73 Å². The number of nitrogens with one attached hydrogen (secondary N) is 1. The largest absolute Gasteiger partial charge is 0.272 e. The van der Waals surface area contributed by atoms with E-state index in [1.165, 1.54) is 16.3 Å². The van der Waals surface area contributed by atoms with Crippen molar-refractivity contribution in [2.24, 2.45) is 0 Å². The molecule has 1 saturated carbocycles. The summed E-state index contributed by atoms with van der Waals surface area (Å²) in [5.74, 6) is -0.398. The second-order valence-electron chi connectivity index (χ2n) is 6.05. The van der Waals surface area contributed by atoms with Gasteiger partial charge in [0.05, 0.1) is 5.41 Å². The lowest BCUT2D eigenvalue weighted by Crippen LogP contribution is -2.44. The first-order valence-electron chi connectivity index (χ1n) is 7.29. The van der Waals surface area contributed by atoms with Gasteiger partial charge in [0.25, 0.3) is 5.91 Å². The van der Waals surface area contributed by atoms with E-state index in [9.17, 15) is 4.79 Å². The number of carbonyl (C=O) groups is 1. The summed E-state index contributed by atoms with van der Waals surface area (Å²) in [5, 5.41) is 1.36. The third-order valence-corrected chi connectivity index (χ3v) is 6.65. The van der Waals surface area contributed by atoms with Crippen LogP contribution >= 0.6 is 0 Å². The number of hydrogen-bond acceptors (Lipinski definition) is 1. The van der Waals surface area contributed by atoms with E-state index in [0.29, 0.717) is 0 Å². The number of rotatable bonds is 2. The minimum Gasteiger partial charge on any atom is -0.272 e. The molecule has 0 aromatic heterocycles. The molecule has 3 rings (SSSR count). The van der Waals surface area contributed by atoms with Crippen LogP contribution in [0.15, 0.2) is 24.3 Å². The Morgan fingerprint density at radius 2 is 2.15 bits per heavy atom. The molecular formula is C17H20NOSi. The Bertz CT molecular complexity index is 640. The standard InChI is InChI=1S/C17H20NOSi/c1-20(2)15-10-5-11-17(15,16(18)19)14-9-4-7-12-6-3-8-13(12)14/h3-4,7-9,18H,5-6,10-11H2,1-2H3. The average molecular weight is 282 g/mol. The Morgan fingerprint density at radius 3 is 2.85 bits per heavy atom. The van der Waals surface area contributed by atoms with E-state index in [-0.39, 0.29) is 0 Å². The lowest BCUT2D eigenvalue weighted by molar-refractivity contribution is -0.121. The first kappa shape index (κ1) is 13.5. The van der Waals surface area contributed by atoms with E-state index in [0.717, 1.165) is 31.2 Å². The second-order valence-corrected chi connectivity index (χ2v) is 8.65. The van der Waals surface area contributed by atoms with Crippen LogP contribution in [0.5, 0.6) is 0 Å². The fourth-order valence-corrected chi connectivity index (χ4v) is 5.81. The van der Waals surface area contributed by atoms with Gasteiger partial charge in [0.15, 0.2) is 0 Å². The Morgan fingerprint density at radius 1 is 1.35 bits per heavy atom. The Kier molecular flexibility index (Phi) is 3.25. The summed E-state index contributed by atoms with van der Waals surface area (Å²) in [5.41, 5.74) is 11.0. The molecule has 1 atom stereocenters. The van der Waals surface area contributed by atoms with Gasteiger partial charge in [0.2, 0.25) is 0 Å². The zero-order valence-corrected chi connectivity index (χ0v) is 13.1. The van der Waals surface area contributed by atoms with Gasteiger partial charge in [0.1, 0.15) is 0 Å². The van der Waals surface area contributed by atoms with Crippen LogP contribution in [-0.2, 0) is 16.6 Å². The van der Waals surface area contributed by atoms with Crippen LogP contribution in [0.4, 0.5) is 0 Å². The molecule has 1 radical (unpaired) electrons. The monoisotopic (exact) mass is 282 g/mol. The van der Waals surface area contributed by atoms with Crippen molar-refractivity contribution in [3.63, 3.8) is 0 Å². The Hall–Kier alpha value is -1.48. The van der Waals surface area contributed by atoms with E-state index in [1.807, 2.05) is 0 Å². The van der Waals surface area contributed by atoms with Gasteiger partial charge in [-0.15, -0.1) is 0 Å². The van der Waals surface area contributed by atoms with Crippen LogP contribution < -0.4 is 5.73 Å². The van der Waals surface area contributed by atoms with E-state index in [4.69, 9.17) is 5.73 Å². The van der Waals surface area contributed by atoms with Crippen LogP contribution in [0, 0.1) is 0 Å². The van der Waals surface area contributed by atoms with E-state index in [1.54, 1.807) is 0 Å². The van der Waals surface area contributed by atoms with Crippen LogP contribution in [0.1, 0.15) is 36.0 Å².